The molecule has 28 heavy (non-hydrogen) atoms. The smallest absolute Gasteiger partial charge is 0.282 e. The first-order valence-corrected chi connectivity index (χ1v) is 9.24. The molecular formula is C24H20N2O2. The molecule has 1 aliphatic rings. The van der Waals surface area contributed by atoms with Gasteiger partial charge in [0.05, 0.1) is 12.3 Å². The van der Waals surface area contributed by atoms with E-state index in [4.69, 9.17) is 4.74 Å². The van der Waals surface area contributed by atoms with Gasteiger partial charge in [-0.3, -0.25) is 9.69 Å². The highest BCUT2D eigenvalue weighted by Crippen LogP contribution is 2.29. The van der Waals surface area contributed by atoms with Gasteiger partial charge in [0.25, 0.3) is 5.91 Å². The van der Waals surface area contributed by atoms with Gasteiger partial charge in [0.2, 0.25) is 0 Å². The van der Waals surface area contributed by atoms with Gasteiger partial charge in [0.15, 0.2) is 0 Å². The van der Waals surface area contributed by atoms with Gasteiger partial charge in [-0.2, -0.15) is 0 Å². The van der Waals surface area contributed by atoms with Gasteiger partial charge >= 0.3 is 0 Å². The second-order valence-electron chi connectivity index (χ2n) is 6.31. The molecule has 4 heteroatoms. The molecule has 138 valence electrons. The molecule has 4 rings (SSSR count). The lowest BCUT2D eigenvalue weighted by molar-refractivity contribution is -0.113. The first-order valence-electron chi connectivity index (χ1n) is 9.24. The molecular weight excluding hydrogens is 348 g/mol. The van der Waals surface area contributed by atoms with E-state index in [1.54, 1.807) is 4.90 Å². The van der Waals surface area contributed by atoms with Crippen LogP contribution in [0.25, 0.3) is 6.08 Å². The molecule has 0 aromatic heterocycles. The molecule has 0 atom stereocenters. The lowest BCUT2D eigenvalue weighted by Crippen LogP contribution is -2.32. The van der Waals surface area contributed by atoms with E-state index in [9.17, 15) is 4.79 Å². The van der Waals surface area contributed by atoms with Crippen molar-refractivity contribution in [1.29, 1.82) is 0 Å². The van der Waals surface area contributed by atoms with Crippen molar-refractivity contribution in [3.63, 3.8) is 0 Å². The van der Waals surface area contributed by atoms with Gasteiger partial charge in [-0.25, -0.2) is 4.99 Å². The molecule has 0 fully saturated rings. The highest BCUT2D eigenvalue weighted by atomic mass is 16.5. The van der Waals surface area contributed by atoms with Crippen LogP contribution in [0.5, 0.6) is 5.75 Å². The van der Waals surface area contributed by atoms with E-state index in [1.165, 1.54) is 0 Å². The van der Waals surface area contributed by atoms with Gasteiger partial charge < -0.3 is 4.74 Å². The Kier molecular flexibility index (Phi) is 5.02. The van der Waals surface area contributed by atoms with E-state index >= 15 is 0 Å². The summed E-state index contributed by atoms with van der Waals surface area (Å²) in [4.78, 5) is 19.5. The lowest BCUT2D eigenvalue weighted by Gasteiger charge is -2.19. The van der Waals surface area contributed by atoms with E-state index in [-0.39, 0.29) is 5.91 Å². The largest absolute Gasteiger partial charge is 0.494 e. The molecule has 0 spiro atoms. The normalized spacial score (nSPS) is 15.0. The fourth-order valence-electron chi connectivity index (χ4n) is 3.10. The Morgan fingerprint density at radius 3 is 2.18 bits per heavy atom. The van der Waals surface area contributed by atoms with Gasteiger partial charge in [0, 0.05) is 5.56 Å². The Balaban J connectivity index is 1.76. The molecule has 4 nitrogen and oxygen atoms in total. The zero-order valence-electron chi connectivity index (χ0n) is 15.6. The molecule has 0 bridgehead atoms. The van der Waals surface area contributed by atoms with Gasteiger partial charge in [-0.05, 0) is 42.8 Å². The average Bonchev–Trinajstić information content (AvgIpc) is 3.06. The maximum atomic E-state index is 13.2. The number of benzene rings is 3. The summed E-state index contributed by atoms with van der Waals surface area (Å²) < 4.78 is 5.52. The average molecular weight is 368 g/mol. The number of ether oxygens (including phenoxy) is 1. The molecule has 3 aromatic carbocycles. The maximum absolute atomic E-state index is 13.2. The van der Waals surface area contributed by atoms with Crippen molar-refractivity contribution in [1.82, 2.24) is 0 Å². The van der Waals surface area contributed by atoms with Gasteiger partial charge in [-0.1, -0.05) is 60.7 Å². The summed E-state index contributed by atoms with van der Waals surface area (Å²) in [6.45, 7) is 2.54. The SMILES string of the molecule is CCOc1ccc(N2C(=O)/C(=C/c3ccccc3)N=C2c2ccccc2)cc1. The molecule has 1 aliphatic heterocycles. The molecule has 0 saturated carbocycles. The summed E-state index contributed by atoms with van der Waals surface area (Å²) in [7, 11) is 0. The quantitative estimate of drug-likeness (QED) is 0.600. The monoisotopic (exact) mass is 368 g/mol. The lowest BCUT2D eigenvalue weighted by atomic mass is 10.1. The number of carbonyl (C=O) groups is 1. The van der Waals surface area contributed by atoms with Crippen LogP contribution in [-0.2, 0) is 4.79 Å². The van der Waals surface area contributed by atoms with Crippen molar-refractivity contribution in [2.24, 2.45) is 4.99 Å². The third-order valence-electron chi connectivity index (χ3n) is 4.40. The number of rotatable bonds is 5. The van der Waals surface area contributed by atoms with E-state index in [0.29, 0.717) is 18.1 Å². The van der Waals surface area contributed by atoms with E-state index in [1.807, 2.05) is 97.9 Å². The summed E-state index contributed by atoms with van der Waals surface area (Å²) in [6.07, 6.45) is 1.82. The standard InChI is InChI=1S/C24H20N2O2/c1-2-28-21-15-13-20(14-16-21)26-23(19-11-7-4-8-12-19)25-22(24(26)27)17-18-9-5-3-6-10-18/h3-17H,2H2,1H3/b22-17-. The second-order valence-corrected chi connectivity index (χ2v) is 6.31. The van der Waals surface area contributed by atoms with Crippen LogP contribution in [0.1, 0.15) is 18.1 Å². The molecule has 0 N–H and O–H groups in total. The number of amidine groups is 1. The van der Waals surface area contributed by atoms with Gasteiger partial charge in [-0.15, -0.1) is 0 Å². The fraction of sp³-hybridized carbons (Fsp3) is 0.0833. The zero-order valence-corrected chi connectivity index (χ0v) is 15.6. The summed E-state index contributed by atoms with van der Waals surface area (Å²) in [6, 6.07) is 27.0. The number of hydrogen-bond acceptors (Lipinski definition) is 3. The number of hydrogen-bond donors (Lipinski definition) is 0. The molecule has 0 aliphatic carbocycles. The zero-order chi connectivity index (χ0) is 19.3. The summed E-state index contributed by atoms with van der Waals surface area (Å²) >= 11 is 0. The number of nitrogens with zero attached hydrogens (tertiary/aromatic N) is 2. The van der Waals surface area contributed by atoms with Gasteiger partial charge in [0.1, 0.15) is 17.3 Å². The number of aliphatic imine (C=N–C) groups is 1. The van der Waals surface area contributed by atoms with Crippen LogP contribution in [0.15, 0.2) is 95.6 Å². The highest BCUT2D eigenvalue weighted by Gasteiger charge is 2.32. The third kappa shape index (κ3) is 3.58. The van der Waals surface area contributed by atoms with Crippen molar-refractivity contribution >= 4 is 23.5 Å². The number of carbonyl (C=O) groups excluding carboxylic acids is 1. The Labute approximate surface area is 164 Å². The first kappa shape index (κ1) is 17.7. The Bertz CT molecular complexity index is 1020. The minimum Gasteiger partial charge on any atom is -0.494 e. The fourth-order valence-corrected chi connectivity index (χ4v) is 3.10. The molecule has 1 heterocycles. The molecule has 3 aromatic rings. The van der Waals surface area contributed by atoms with Crippen LogP contribution >= 0.6 is 0 Å². The maximum Gasteiger partial charge on any atom is 0.282 e. The molecule has 1 amide bonds. The molecule has 0 saturated heterocycles. The Morgan fingerprint density at radius 1 is 0.893 bits per heavy atom. The predicted molar refractivity (Wildman–Crippen MR) is 112 cm³/mol. The van der Waals surface area contributed by atoms with Crippen LogP contribution in [0, 0.1) is 0 Å². The van der Waals surface area contributed by atoms with Crippen molar-refractivity contribution in [2.75, 3.05) is 11.5 Å². The van der Waals surface area contributed by atoms with Crippen molar-refractivity contribution in [3.8, 4) is 5.75 Å². The Hall–Kier alpha value is -3.66. The predicted octanol–water partition coefficient (Wildman–Crippen LogP) is 4.92. The van der Waals surface area contributed by atoms with E-state index < -0.39 is 0 Å². The first-order chi connectivity index (χ1) is 13.8. The van der Waals surface area contributed by atoms with Crippen LogP contribution in [0.3, 0.4) is 0 Å². The van der Waals surface area contributed by atoms with E-state index in [0.717, 1.165) is 22.6 Å². The van der Waals surface area contributed by atoms with Crippen molar-refractivity contribution < 1.29 is 9.53 Å². The number of amides is 1. The third-order valence-corrected chi connectivity index (χ3v) is 4.40. The summed E-state index contributed by atoms with van der Waals surface area (Å²) in [5.74, 6) is 1.25. The minimum atomic E-state index is -0.146. The summed E-state index contributed by atoms with van der Waals surface area (Å²) in [5, 5.41) is 0. The van der Waals surface area contributed by atoms with Crippen molar-refractivity contribution in [3.05, 3.63) is 102 Å². The van der Waals surface area contributed by atoms with Crippen LogP contribution in [0.4, 0.5) is 5.69 Å². The van der Waals surface area contributed by atoms with Crippen LogP contribution < -0.4 is 9.64 Å². The minimum absolute atomic E-state index is 0.146. The highest BCUT2D eigenvalue weighted by molar-refractivity contribution is 6.33. The Morgan fingerprint density at radius 2 is 1.54 bits per heavy atom. The summed E-state index contributed by atoms with van der Waals surface area (Å²) in [5.41, 5.74) is 3.00. The number of anilines is 1. The van der Waals surface area contributed by atoms with Crippen molar-refractivity contribution in [2.45, 2.75) is 6.92 Å². The van der Waals surface area contributed by atoms with Crippen LogP contribution in [-0.4, -0.2) is 18.3 Å². The second kappa shape index (κ2) is 7.92. The van der Waals surface area contributed by atoms with E-state index in [2.05, 4.69) is 4.99 Å². The molecule has 0 unspecified atom stereocenters. The molecule has 0 radical (unpaired) electrons. The topological polar surface area (TPSA) is 41.9 Å². The van der Waals surface area contributed by atoms with Crippen LogP contribution in [0.2, 0.25) is 0 Å².